The van der Waals surface area contributed by atoms with Crippen molar-refractivity contribution in [2.45, 2.75) is 13.3 Å². The molecule has 0 N–H and O–H groups in total. The Bertz CT molecular complexity index is 317. The first-order valence-corrected chi connectivity index (χ1v) is 4.34. The van der Waals surface area contributed by atoms with Crippen LogP contribution in [0.4, 0.5) is 8.78 Å². The molecule has 0 aliphatic carbocycles. The van der Waals surface area contributed by atoms with Crippen LogP contribution in [0.2, 0.25) is 0 Å². The molecule has 1 rings (SSSR count). The van der Waals surface area contributed by atoms with Crippen LogP contribution < -0.4 is 4.74 Å². The third-order valence-electron chi connectivity index (χ3n) is 1.63. The van der Waals surface area contributed by atoms with Crippen molar-refractivity contribution in [2.24, 2.45) is 0 Å². The Hall–Kier alpha value is -0.710. The van der Waals surface area contributed by atoms with E-state index in [4.69, 9.17) is 4.74 Å². The summed E-state index contributed by atoms with van der Waals surface area (Å²) < 4.78 is 30.0. The van der Waals surface area contributed by atoms with Gasteiger partial charge in [-0.2, -0.15) is 0 Å². The first kappa shape index (κ1) is 10.4. The predicted octanol–water partition coefficient (Wildman–Crippen LogP) is 3.10. The Morgan fingerprint density at radius 1 is 1.54 bits per heavy atom. The lowest BCUT2D eigenvalue weighted by Gasteiger charge is -2.08. The van der Waals surface area contributed by atoms with E-state index in [0.29, 0.717) is 16.0 Å². The van der Waals surface area contributed by atoms with Crippen molar-refractivity contribution < 1.29 is 13.5 Å². The fraction of sp³-hybridized carbons (Fsp3) is 0.375. The van der Waals surface area contributed by atoms with Crippen LogP contribution in [0.3, 0.4) is 0 Å². The average molecular weight is 252 g/mol. The molecular weight excluding hydrogens is 244 g/mol. The third-order valence-corrected chi connectivity index (χ3v) is 2.20. The van der Waals surface area contributed by atoms with Gasteiger partial charge >= 0.3 is 0 Å². The zero-order valence-electron chi connectivity index (χ0n) is 7.14. The highest BCUT2D eigenvalue weighted by atomic mass is 79.9. The highest BCUT2D eigenvalue weighted by Gasteiger charge is 2.14. The molecule has 0 saturated carbocycles. The lowest BCUT2D eigenvalue weighted by molar-refractivity contribution is 0.149. The van der Waals surface area contributed by atoms with Crippen LogP contribution in [0.1, 0.15) is 17.7 Å². The van der Waals surface area contributed by atoms with Crippen LogP contribution in [-0.2, 0) is 0 Å². The Labute approximate surface area is 83.1 Å². The van der Waals surface area contributed by atoms with Crippen molar-refractivity contribution in [3.8, 4) is 5.75 Å². The summed E-state index contributed by atoms with van der Waals surface area (Å²) in [7, 11) is 1.41. The summed E-state index contributed by atoms with van der Waals surface area (Å²) in [6.45, 7) is 1.53. The molecule has 0 fully saturated rings. The standard InChI is InChI=1S/C8H8BrF2NO/c1-4-5(8(10)11)3-6(13-2)7(9)12-4/h3,8H,1-2H3. The Balaban J connectivity index is 3.22. The van der Waals surface area contributed by atoms with Crippen LogP contribution in [0.15, 0.2) is 10.7 Å². The van der Waals surface area contributed by atoms with Crippen molar-refractivity contribution in [2.75, 3.05) is 7.11 Å². The molecule has 0 radical (unpaired) electrons. The summed E-state index contributed by atoms with van der Waals surface area (Å²) >= 11 is 3.11. The van der Waals surface area contributed by atoms with Crippen molar-refractivity contribution in [3.05, 3.63) is 21.9 Å². The first-order valence-electron chi connectivity index (χ1n) is 3.55. The van der Waals surface area contributed by atoms with Gasteiger partial charge in [-0.05, 0) is 28.9 Å². The smallest absolute Gasteiger partial charge is 0.265 e. The number of rotatable bonds is 2. The van der Waals surface area contributed by atoms with E-state index in [-0.39, 0.29) is 5.56 Å². The Kier molecular flexibility index (Phi) is 3.19. The number of methoxy groups -OCH3 is 1. The second kappa shape index (κ2) is 4.00. The van der Waals surface area contributed by atoms with Gasteiger partial charge in [-0.3, -0.25) is 0 Å². The number of alkyl halides is 2. The summed E-state index contributed by atoms with van der Waals surface area (Å²) in [5.74, 6) is 0.320. The van der Waals surface area contributed by atoms with Crippen LogP contribution in [0.25, 0.3) is 0 Å². The molecule has 72 valence electrons. The van der Waals surface area contributed by atoms with E-state index in [9.17, 15) is 8.78 Å². The normalized spacial score (nSPS) is 10.6. The highest BCUT2D eigenvalue weighted by molar-refractivity contribution is 9.10. The largest absolute Gasteiger partial charge is 0.494 e. The Morgan fingerprint density at radius 3 is 2.62 bits per heavy atom. The van der Waals surface area contributed by atoms with Crippen LogP contribution in [0.5, 0.6) is 5.75 Å². The van der Waals surface area contributed by atoms with Gasteiger partial charge in [-0.15, -0.1) is 0 Å². The summed E-state index contributed by atoms with van der Waals surface area (Å²) in [5.41, 5.74) is 0.211. The predicted molar refractivity (Wildman–Crippen MR) is 48.2 cm³/mol. The number of aryl methyl sites for hydroxylation is 1. The van der Waals surface area contributed by atoms with E-state index >= 15 is 0 Å². The van der Waals surface area contributed by atoms with Crippen molar-refractivity contribution in [1.29, 1.82) is 0 Å². The minimum absolute atomic E-state index is 0.0972. The van der Waals surface area contributed by atoms with Crippen molar-refractivity contribution in [3.63, 3.8) is 0 Å². The number of ether oxygens (including phenoxy) is 1. The Morgan fingerprint density at radius 2 is 2.15 bits per heavy atom. The molecule has 2 nitrogen and oxygen atoms in total. The highest BCUT2D eigenvalue weighted by Crippen LogP contribution is 2.30. The van der Waals surface area contributed by atoms with E-state index < -0.39 is 6.43 Å². The maximum absolute atomic E-state index is 12.4. The molecule has 0 amide bonds. The molecular formula is C8H8BrF2NO. The van der Waals surface area contributed by atoms with Gasteiger partial charge in [0.2, 0.25) is 0 Å². The molecule has 0 saturated heterocycles. The molecule has 1 aromatic rings. The van der Waals surface area contributed by atoms with Crippen LogP contribution in [-0.4, -0.2) is 12.1 Å². The van der Waals surface area contributed by atoms with Gasteiger partial charge < -0.3 is 4.74 Å². The van der Waals surface area contributed by atoms with Crippen LogP contribution in [0, 0.1) is 6.92 Å². The quantitative estimate of drug-likeness (QED) is 0.754. The summed E-state index contributed by atoms with van der Waals surface area (Å²) in [4.78, 5) is 3.88. The zero-order valence-corrected chi connectivity index (χ0v) is 8.73. The molecule has 0 spiro atoms. The van der Waals surface area contributed by atoms with Crippen molar-refractivity contribution >= 4 is 15.9 Å². The molecule has 0 aliphatic rings. The molecule has 5 heteroatoms. The minimum atomic E-state index is -2.52. The molecule has 0 unspecified atom stereocenters. The van der Waals surface area contributed by atoms with Gasteiger partial charge in [-0.1, -0.05) is 0 Å². The summed E-state index contributed by atoms with van der Waals surface area (Å²) in [5, 5.41) is 0. The fourth-order valence-corrected chi connectivity index (χ4v) is 1.48. The maximum Gasteiger partial charge on any atom is 0.265 e. The number of nitrogens with zero attached hydrogens (tertiary/aromatic N) is 1. The van der Waals surface area contributed by atoms with E-state index in [1.54, 1.807) is 0 Å². The maximum atomic E-state index is 12.4. The minimum Gasteiger partial charge on any atom is -0.494 e. The monoisotopic (exact) mass is 251 g/mol. The second-order valence-electron chi connectivity index (χ2n) is 2.46. The zero-order chi connectivity index (χ0) is 10.0. The number of hydrogen-bond donors (Lipinski definition) is 0. The molecule has 1 aromatic heterocycles. The molecule has 13 heavy (non-hydrogen) atoms. The third kappa shape index (κ3) is 2.15. The lowest BCUT2D eigenvalue weighted by atomic mass is 10.2. The molecule has 0 bridgehead atoms. The number of halogens is 3. The fourth-order valence-electron chi connectivity index (χ4n) is 0.936. The van der Waals surface area contributed by atoms with Gasteiger partial charge in [0, 0.05) is 11.3 Å². The van der Waals surface area contributed by atoms with E-state index in [0.717, 1.165) is 0 Å². The van der Waals surface area contributed by atoms with E-state index in [1.807, 2.05) is 0 Å². The molecule has 1 heterocycles. The average Bonchev–Trinajstić information content (AvgIpc) is 2.03. The van der Waals surface area contributed by atoms with Gasteiger partial charge in [0.15, 0.2) is 5.75 Å². The van der Waals surface area contributed by atoms with Crippen molar-refractivity contribution in [1.82, 2.24) is 4.98 Å². The SMILES string of the molecule is COc1cc(C(F)F)c(C)nc1Br. The van der Waals surface area contributed by atoms with Gasteiger partial charge in [0.1, 0.15) is 4.60 Å². The van der Waals surface area contributed by atoms with E-state index in [2.05, 4.69) is 20.9 Å². The van der Waals surface area contributed by atoms with Gasteiger partial charge in [0.25, 0.3) is 6.43 Å². The summed E-state index contributed by atoms with van der Waals surface area (Å²) in [6, 6.07) is 1.29. The van der Waals surface area contributed by atoms with Gasteiger partial charge in [-0.25, -0.2) is 13.8 Å². The topological polar surface area (TPSA) is 22.1 Å². The second-order valence-corrected chi connectivity index (χ2v) is 3.21. The molecule has 0 aliphatic heterocycles. The lowest BCUT2D eigenvalue weighted by Crippen LogP contribution is -1.96. The van der Waals surface area contributed by atoms with E-state index in [1.165, 1.54) is 20.1 Å². The molecule has 0 aromatic carbocycles. The number of aromatic nitrogens is 1. The first-order chi connectivity index (χ1) is 6.06. The van der Waals surface area contributed by atoms with Gasteiger partial charge in [0.05, 0.1) is 7.11 Å². The molecule has 0 atom stereocenters. The van der Waals surface area contributed by atoms with Crippen LogP contribution >= 0.6 is 15.9 Å². The number of pyridine rings is 1. The number of hydrogen-bond acceptors (Lipinski definition) is 2. The summed E-state index contributed by atoms with van der Waals surface area (Å²) in [6.07, 6.45) is -2.52.